The highest BCUT2D eigenvalue weighted by atomic mass is 16.5. The lowest BCUT2D eigenvalue weighted by atomic mass is 9.88. The van der Waals surface area contributed by atoms with Gasteiger partial charge in [-0.25, -0.2) is 0 Å². The molecule has 0 radical (unpaired) electrons. The van der Waals surface area contributed by atoms with Crippen molar-refractivity contribution in [2.24, 2.45) is 0 Å². The molecule has 148 valence electrons. The summed E-state index contributed by atoms with van der Waals surface area (Å²) in [5, 5.41) is 0. The van der Waals surface area contributed by atoms with E-state index in [-0.39, 0.29) is 17.6 Å². The summed E-state index contributed by atoms with van der Waals surface area (Å²) in [6.45, 7) is 6.63. The minimum atomic E-state index is -0.189. The molecule has 0 N–H and O–H groups in total. The Morgan fingerprint density at radius 1 is 1.04 bits per heavy atom. The molecule has 0 bridgehead atoms. The number of morpholine rings is 1. The predicted molar refractivity (Wildman–Crippen MR) is 111 cm³/mol. The zero-order chi connectivity index (χ0) is 19.4. The van der Waals surface area contributed by atoms with Gasteiger partial charge in [-0.05, 0) is 43.9 Å². The van der Waals surface area contributed by atoms with Crippen molar-refractivity contribution >= 4 is 5.91 Å². The van der Waals surface area contributed by atoms with E-state index in [9.17, 15) is 4.79 Å². The molecule has 4 nitrogen and oxygen atoms in total. The lowest BCUT2D eigenvalue weighted by molar-refractivity contribution is -0.161. The third kappa shape index (κ3) is 4.45. The molecule has 2 saturated heterocycles. The summed E-state index contributed by atoms with van der Waals surface area (Å²) in [6.07, 6.45) is 3.15. The molecule has 1 amide bonds. The summed E-state index contributed by atoms with van der Waals surface area (Å²) in [7, 11) is 0. The molecular formula is C24H30N2O2. The fraction of sp³-hybridized carbons (Fsp3) is 0.458. The Morgan fingerprint density at radius 3 is 2.36 bits per heavy atom. The number of hydrogen-bond acceptors (Lipinski definition) is 3. The van der Waals surface area contributed by atoms with Gasteiger partial charge in [-0.2, -0.15) is 0 Å². The van der Waals surface area contributed by atoms with E-state index in [2.05, 4.69) is 42.2 Å². The molecule has 1 unspecified atom stereocenters. The molecule has 0 saturated carbocycles. The van der Waals surface area contributed by atoms with Crippen LogP contribution in [0.25, 0.3) is 0 Å². The second-order valence-electron chi connectivity index (χ2n) is 8.24. The molecule has 2 aliphatic heterocycles. The average molecular weight is 379 g/mol. The van der Waals surface area contributed by atoms with Crippen LogP contribution in [0.3, 0.4) is 0 Å². The molecule has 2 heterocycles. The van der Waals surface area contributed by atoms with Gasteiger partial charge in [-0.3, -0.25) is 4.79 Å². The van der Waals surface area contributed by atoms with Crippen molar-refractivity contribution in [3.63, 3.8) is 0 Å². The fourth-order valence-electron chi connectivity index (χ4n) is 4.53. The first kappa shape index (κ1) is 19.2. The van der Waals surface area contributed by atoms with Crippen LogP contribution in [0.1, 0.15) is 35.7 Å². The van der Waals surface area contributed by atoms with Gasteiger partial charge in [0, 0.05) is 31.7 Å². The highest BCUT2D eigenvalue weighted by molar-refractivity contribution is 5.94. The van der Waals surface area contributed by atoms with Crippen molar-refractivity contribution in [2.75, 3.05) is 32.7 Å². The average Bonchev–Trinajstić information content (AvgIpc) is 2.74. The van der Waals surface area contributed by atoms with Gasteiger partial charge in [0.25, 0.3) is 5.91 Å². The maximum Gasteiger partial charge on any atom is 0.254 e. The van der Waals surface area contributed by atoms with E-state index in [1.54, 1.807) is 0 Å². The van der Waals surface area contributed by atoms with E-state index < -0.39 is 0 Å². The molecule has 0 aromatic heterocycles. The smallest absolute Gasteiger partial charge is 0.254 e. The van der Waals surface area contributed by atoms with E-state index in [0.717, 1.165) is 44.5 Å². The summed E-state index contributed by atoms with van der Waals surface area (Å²) in [5.74, 6) is 0.127. The normalized spacial score (nSPS) is 22.3. The van der Waals surface area contributed by atoms with Crippen LogP contribution in [0, 0.1) is 0 Å². The molecule has 4 rings (SSSR count). The number of amides is 1. The highest BCUT2D eigenvalue weighted by Crippen LogP contribution is 2.33. The monoisotopic (exact) mass is 378 g/mol. The van der Waals surface area contributed by atoms with E-state index >= 15 is 0 Å². The van der Waals surface area contributed by atoms with Gasteiger partial charge in [0.15, 0.2) is 0 Å². The third-order valence-corrected chi connectivity index (χ3v) is 6.04. The quantitative estimate of drug-likeness (QED) is 0.815. The van der Waals surface area contributed by atoms with Crippen molar-refractivity contribution in [2.45, 2.75) is 37.9 Å². The van der Waals surface area contributed by atoms with Gasteiger partial charge in [0.1, 0.15) is 0 Å². The summed E-state index contributed by atoms with van der Waals surface area (Å²) < 4.78 is 6.42. The first-order valence-corrected chi connectivity index (χ1v) is 10.4. The number of rotatable bonds is 4. The minimum absolute atomic E-state index is 0.0808. The van der Waals surface area contributed by atoms with Crippen LogP contribution in [0.4, 0.5) is 0 Å². The first-order chi connectivity index (χ1) is 13.6. The Morgan fingerprint density at radius 2 is 1.68 bits per heavy atom. The van der Waals surface area contributed by atoms with E-state index in [1.165, 1.54) is 5.56 Å². The van der Waals surface area contributed by atoms with Crippen molar-refractivity contribution in [1.29, 1.82) is 0 Å². The zero-order valence-corrected chi connectivity index (χ0v) is 16.7. The molecule has 2 aromatic rings. The molecule has 4 heteroatoms. The van der Waals surface area contributed by atoms with Crippen molar-refractivity contribution in [3.8, 4) is 0 Å². The van der Waals surface area contributed by atoms with Crippen molar-refractivity contribution < 1.29 is 9.53 Å². The van der Waals surface area contributed by atoms with Crippen molar-refractivity contribution in [3.05, 3.63) is 71.8 Å². The van der Waals surface area contributed by atoms with Crippen LogP contribution in [0.2, 0.25) is 0 Å². The van der Waals surface area contributed by atoms with Gasteiger partial charge in [-0.15, -0.1) is 0 Å². The molecule has 1 atom stereocenters. The number of benzene rings is 2. The number of likely N-dealkylation sites (tertiary alicyclic amines) is 1. The summed E-state index contributed by atoms with van der Waals surface area (Å²) >= 11 is 0. The first-order valence-electron chi connectivity index (χ1n) is 10.4. The number of carbonyl (C=O) groups excluding carboxylic acids is 1. The zero-order valence-electron chi connectivity index (χ0n) is 16.7. The molecule has 2 fully saturated rings. The second kappa shape index (κ2) is 8.46. The Balaban J connectivity index is 1.35. The molecule has 2 aromatic carbocycles. The molecular weight excluding hydrogens is 348 g/mol. The van der Waals surface area contributed by atoms with Gasteiger partial charge < -0.3 is 14.5 Å². The lowest BCUT2D eigenvalue weighted by Crippen LogP contribution is -2.60. The minimum Gasteiger partial charge on any atom is -0.368 e. The van der Waals surface area contributed by atoms with E-state index in [0.29, 0.717) is 13.1 Å². The molecule has 28 heavy (non-hydrogen) atoms. The molecule has 0 aliphatic carbocycles. The SMILES string of the molecule is CC1CN(C(=O)c2ccccc2)CC2(CCN(CCc3ccccc3)CC2)O1. The highest BCUT2D eigenvalue weighted by Gasteiger charge is 2.43. The van der Waals surface area contributed by atoms with Crippen LogP contribution in [0.5, 0.6) is 0 Å². The number of piperidine rings is 1. The summed E-state index contributed by atoms with van der Waals surface area (Å²) in [4.78, 5) is 17.5. The number of hydrogen-bond donors (Lipinski definition) is 0. The van der Waals surface area contributed by atoms with Gasteiger partial charge in [0.05, 0.1) is 18.2 Å². The Hall–Kier alpha value is -2.17. The maximum atomic E-state index is 13.0. The van der Waals surface area contributed by atoms with Crippen molar-refractivity contribution in [1.82, 2.24) is 9.80 Å². The number of nitrogens with zero attached hydrogens (tertiary/aromatic N) is 2. The molecule has 1 spiro atoms. The van der Waals surface area contributed by atoms with Crippen LogP contribution >= 0.6 is 0 Å². The second-order valence-corrected chi connectivity index (χ2v) is 8.24. The van der Waals surface area contributed by atoms with Crippen LogP contribution in [-0.2, 0) is 11.2 Å². The largest absolute Gasteiger partial charge is 0.368 e. The van der Waals surface area contributed by atoms with Crippen LogP contribution in [-0.4, -0.2) is 60.1 Å². The summed E-state index contributed by atoms with van der Waals surface area (Å²) in [5.41, 5.74) is 1.97. The Kier molecular flexibility index (Phi) is 5.79. The third-order valence-electron chi connectivity index (χ3n) is 6.04. The fourth-order valence-corrected chi connectivity index (χ4v) is 4.53. The maximum absolute atomic E-state index is 13.0. The van der Waals surface area contributed by atoms with Gasteiger partial charge >= 0.3 is 0 Å². The van der Waals surface area contributed by atoms with Crippen LogP contribution in [0.15, 0.2) is 60.7 Å². The Labute approximate surface area is 168 Å². The van der Waals surface area contributed by atoms with E-state index in [4.69, 9.17) is 4.74 Å². The topological polar surface area (TPSA) is 32.8 Å². The standard InChI is InChI=1S/C24H30N2O2/c1-20-18-26(23(27)22-10-6-3-7-11-22)19-24(28-20)13-16-25(17-14-24)15-12-21-8-4-2-5-9-21/h2-11,20H,12-19H2,1H3. The van der Waals surface area contributed by atoms with Crippen LogP contribution < -0.4 is 0 Å². The van der Waals surface area contributed by atoms with E-state index in [1.807, 2.05) is 35.2 Å². The molecule has 2 aliphatic rings. The number of ether oxygens (including phenoxy) is 1. The lowest BCUT2D eigenvalue weighted by Gasteiger charge is -2.49. The Bertz CT molecular complexity index is 770. The summed E-state index contributed by atoms with van der Waals surface area (Å²) in [6, 6.07) is 20.3. The number of carbonyl (C=O) groups is 1. The van der Waals surface area contributed by atoms with Gasteiger partial charge in [-0.1, -0.05) is 48.5 Å². The van der Waals surface area contributed by atoms with Gasteiger partial charge in [0.2, 0.25) is 0 Å². The predicted octanol–water partition coefficient (Wildman–Crippen LogP) is 3.62.